The number of ether oxygens (including phenoxy) is 1. The number of para-hydroxylation sites is 1. The Morgan fingerprint density at radius 1 is 1.11 bits per heavy atom. The van der Waals surface area contributed by atoms with Crippen LogP contribution in [0.4, 0.5) is 5.82 Å². The van der Waals surface area contributed by atoms with E-state index in [4.69, 9.17) is 10.5 Å². The quantitative estimate of drug-likeness (QED) is 0.684. The number of anilines is 1. The predicted molar refractivity (Wildman–Crippen MR) is 76.5 cm³/mol. The second kappa shape index (κ2) is 5.97. The largest absolute Gasteiger partial charge is 0.438 e. The Bertz CT molecular complexity index is 549. The number of aromatic nitrogens is 2. The summed E-state index contributed by atoms with van der Waals surface area (Å²) in [6.45, 7) is 0. The Labute approximate surface area is 114 Å². The molecule has 0 saturated carbocycles. The van der Waals surface area contributed by atoms with Gasteiger partial charge in [0.2, 0.25) is 5.88 Å². The summed E-state index contributed by atoms with van der Waals surface area (Å²) in [7, 11) is 0. The second-order valence-electron chi connectivity index (χ2n) is 3.37. The molecule has 0 aliphatic rings. The molecular weight excluding hydrogens is 266 g/mol. The molecule has 4 nitrogen and oxygen atoms in total. The van der Waals surface area contributed by atoms with Crippen LogP contribution in [0.5, 0.6) is 11.6 Å². The van der Waals surface area contributed by atoms with Gasteiger partial charge in [0.1, 0.15) is 11.6 Å². The zero-order valence-electron chi connectivity index (χ0n) is 10.1. The van der Waals surface area contributed by atoms with Crippen LogP contribution in [0.1, 0.15) is 0 Å². The summed E-state index contributed by atoms with van der Waals surface area (Å²) in [4.78, 5) is 9.40. The summed E-state index contributed by atoms with van der Waals surface area (Å²) < 4.78 is 5.76. The van der Waals surface area contributed by atoms with E-state index in [1.54, 1.807) is 17.8 Å². The van der Waals surface area contributed by atoms with Crippen molar-refractivity contribution in [2.75, 3.05) is 18.2 Å². The normalized spacial score (nSPS) is 10.3. The molecule has 0 radical (unpaired) electrons. The van der Waals surface area contributed by atoms with E-state index < -0.39 is 0 Å². The maximum atomic E-state index is 5.76. The average Bonchev–Trinajstić information content (AvgIpc) is 2.38. The van der Waals surface area contributed by atoms with Crippen LogP contribution in [0.2, 0.25) is 0 Å². The van der Waals surface area contributed by atoms with Crippen LogP contribution in [0.3, 0.4) is 0 Å². The zero-order valence-corrected chi connectivity index (χ0v) is 11.7. The van der Waals surface area contributed by atoms with Gasteiger partial charge in [0.25, 0.3) is 0 Å². The van der Waals surface area contributed by atoms with Crippen LogP contribution in [-0.4, -0.2) is 22.5 Å². The summed E-state index contributed by atoms with van der Waals surface area (Å²) in [5.41, 5.74) is 5.71. The molecule has 94 valence electrons. The first-order valence-corrected chi connectivity index (χ1v) is 7.67. The van der Waals surface area contributed by atoms with Crippen molar-refractivity contribution in [3.63, 3.8) is 0 Å². The molecule has 0 amide bonds. The minimum atomic E-state index is 0.408. The molecule has 0 fully saturated rings. The molecule has 0 aliphatic heterocycles. The van der Waals surface area contributed by atoms with Crippen molar-refractivity contribution in [2.24, 2.45) is 0 Å². The molecule has 6 heteroatoms. The van der Waals surface area contributed by atoms with Crippen molar-refractivity contribution in [1.29, 1.82) is 0 Å². The first-order chi connectivity index (χ1) is 8.72. The van der Waals surface area contributed by atoms with E-state index in [1.807, 2.05) is 36.8 Å². The highest BCUT2D eigenvalue weighted by Gasteiger charge is 2.07. The third-order valence-corrected chi connectivity index (χ3v) is 3.49. The van der Waals surface area contributed by atoms with Crippen LogP contribution in [0.15, 0.2) is 40.4 Å². The zero-order chi connectivity index (χ0) is 13.0. The Kier molecular flexibility index (Phi) is 4.33. The van der Waals surface area contributed by atoms with Gasteiger partial charge in [-0.15, -0.1) is 11.8 Å². The SMILES string of the molecule is CSc1nc(N)cc(Oc2ccccc2SC)n1. The lowest BCUT2D eigenvalue weighted by Gasteiger charge is -2.09. The lowest BCUT2D eigenvalue weighted by Crippen LogP contribution is -1.97. The lowest BCUT2D eigenvalue weighted by molar-refractivity contribution is 0.446. The van der Waals surface area contributed by atoms with Crippen molar-refractivity contribution in [1.82, 2.24) is 9.97 Å². The number of rotatable bonds is 4. The lowest BCUT2D eigenvalue weighted by atomic mass is 10.3. The number of nitrogen functional groups attached to an aromatic ring is 1. The van der Waals surface area contributed by atoms with Crippen LogP contribution in [0, 0.1) is 0 Å². The molecule has 1 heterocycles. The van der Waals surface area contributed by atoms with Gasteiger partial charge in [-0.3, -0.25) is 0 Å². The molecule has 1 aromatic heterocycles. The van der Waals surface area contributed by atoms with Crippen molar-refractivity contribution in [2.45, 2.75) is 10.1 Å². The number of hydrogen-bond acceptors (Lipinski definition) is 6. The fraction of sp³-hybridized carbons (Fsp3) is 0.167. The second-order valence-corrected chi connectivity index (χ2v) is 4.99. The summed E-state index contributed by atoms with van der Waals surface area (Å²) in [6.07, 6.45) is 3.90. The van der Waals surface area contributed by atoms with Gasteiger partial charge in [0.05, 0.1) is 0 Å². The summed E-state index contributed by atoms with van der Waals surface area (Å²) in [6, 6.07) is 9.43. The molecule has 2 N–H and O–H groups in total. The van der Waals surface area contributed by atoms with Crippen molar-refractivity contribution in [3.05, 3.63) is 30.3 Å². The van der Waals surface area contributed by atoms with E-state index in [9.17, 15) is 0 Å². The highest BCUT2D eigenvalue weighted by Crippen LogP contribution is 2.31. The molecule has 0 spiro atoms. The predicted octanol–water partition coefficient (Wildman–Crippen LogP) is 3.29. The van der Waals surface area contributed by atoms with Gasteiger partial charge < -0.3 is 10.5 Å². The van der Waals surface area contributed by atoms with E-state index in [0.717, 1.165) is 10.6 Å². The van der Waals surface area contributed by atoms with Crippen molar-refractivity contribution >= 4 is 29.3 Å². The molecule has 2 rings (SSSR count). The number of nitrogens with two attached hydrogens (primary N) is 1. The third kappa shape index (κ3) is 3.08. The minimum Gasteiger partial charge on any atom is -0.438 e. The number of nitrogens with zero attached hydrogens (tertiary/aromatic N) is 2. The Hall–Kier alpha value is -1.40. The monoisotopic (exact) mass is 279 g/mol. The van der Waals surface area contributed by atoms with Gasteiger partial charge >= 0.3 is 0 Å². The number of thioether (sulfide) groups is 2. The van der Waals surface area contributed by atoms with Crippen LogP contribution in [-0.2, 0) is 0 Å². The first kappa shape index (κ1) is 13.0. The van der Waals surface area contributed by atoms with E-state index in [2.05, 4.69) is 9.97 Å². The van der Waals surface area contributed by atoms with Crippen LogP contribution < -0.4 is 10.5 Å². The molecule has 18 heavy (non-hydrogen) atoms. The standard InChI is InChI=1S/C12H13N3OS2/c1-17-9-6-4-3-5-8(9)16-11-7-10(13)14-12(15-11)18-2/h3-7H,1-2H3,(H2,13,14,15). The molecular formula is C12H13N3OS2. The molecule has 0 aliphatic carbocycles. The van der Waals surface area contributed by atoms with Crippen LogP contribution >= 0.6 is 23.5 Å². The van der Waals surface area contributed by atoms with Crippen molar-refractivity contribution < 1.29 is 4.74 Å². The maximum absolute atomic E-state index is 5.76. The van der Waals surface area contributed by atoms with Gasteiger partial charge in [-0.2, -0.15) is 4.98 Å². The Morgan fingerprint density at radius 3 is 2.61 bits per heavy atom. The number of benzene rings is 1. The Balaban J connectivity index is 2.30. The van der Waals surface area contributed by atoms with Gasteiger partial charge in [0, 0.05) is 11.0 Å². The minimum absolute atomic E-state index is 0.408. The topological polar surface area (TPSA) is 61.0 Å². The smallest absolute Gasteiger partial charge is 0.225 e. The first-order valence-electron chi connectivity index (χ1n) is 5.22. The highest BCUT2D eigenvalue weighted by atomic mass is 32.2. The molecule has 0 saturated heterocycles. The average molecular weight is 279 g/mol. The molecule has 0 unspecified atom stereocenters. The molecule has 0 bridgehead atoms. The van der Waals surface area contributed by atoms with Crippen molar-refractivity contribution in [3.8, 4) is 11.6 Å². The molecule has 0 atom stereocenters. The van der Waals surface area contributed by atoms with E-state index >= 15 is 0 Å². The maximum Gasteiger partial charge on any atom is 0.225 e. The highest BCUT2D eigenvalue weighted by molar-refractivity contribution is 7.98. The van der Waals surface area contributed by atoms with Gasteiger partial charge in [-0.05, 0) is 24.6 Å². The van der Waals surface area contributed by atoms with Gasteiger partial charge in [0.15, 0.2) is 5.16 Å². The molecule has 2 aromatic rings. The number of hydrogen-bond donors (Lipinski definition) is 1. The summed E-state index contributed by atoms with van der Waals surface area (Å²) >= 11 is 3.05. The van der Waals surface area contributed by atoms with E-state index in [-0.39, 0.29) is 0 Å². The van der Waals surface area contributed by atoms with Gasteiger partial charge in [-0.25, -0.2) is 4.98 Å². The van der Waals surface area contributed by atoms with E-state index in [0.29, 0.717) is 16.9 Å². The summed E-state index contributed by atoms with van der Waals surface area (Å²) in [5, 5.41) is 0.603. The van der Waals surface area contributed by atoms with E-state index in [1.165, 1.54) is 11.8 Å². The molecule has 1 aromatic carbocycles. The van der Waals surface area contributed by atoms with Gasteiger partial charge in [-0.1, -0.05) is 23.9 Å². The fourth-order valence-electron chi connectivity index (χ4n) is 1.38. The Morgan fingerprint density at radius 2 is 1.89 bits per heavy atom. The summed E-state index contributed by atoms with van der Waals surface area (Å²) in [5.74, 6) is 1.65. The van der Waals surface area contributed by atoms with Crippen LogP contribution in [0.25, 0.3) is 0 Å². The fourth-order valence-corrected chi connectivity index (χ4v) is 2.28. The third-order valence-electron chi connectivity index (χ3n) is 2.17.